The van der Waals surface area contributed by atoms with Gasteiger partial charge in [-0.2, -0.15) is 0 Å². The monoisotopic (exact) mass is 322 g/mol. The van der Waals surface area contributed by atoms with Gasteiger partial charge in [0.2, 0.25) is 10.0 Å². The van der Waals surface area contributed by atoms with E-state index in [1.54, 1.807) is 26.0 Å². The van der Waals surface area contributed by atoms with E-state index in [9.17, 15) is 13.2 Å². The summed E-state index contributed by atoms with van der Waals surface area (Å²) in [6.45, 7) is 5.33. The lowest BCUT2D eigenvalue weighted by atomic mass is 10.1. The first-order valence-corrected chi connectivity index (χ1v) is 8.24. The van der Waals surface area contributed by atoms with Crippen molar-refractivity contribution in [1.29, 1.82) is 0 Å². The molecule has 0 aliphatic rings. The number of hydrogen-bond donors (Lipinski definition) is 2. The quantitative estimate of drug-likeness (QED) is 0.899. The third kappa shape index (κ3) is 3.55. The van der Waals surface area contributed by atoms with E-state index in [1.807, 2.05) is 13.0 Å². The summed E-state index contributed by atoms with van der Waals surface area (Å²) < 4.78 is 28.3. The molecule has 0 aliphatic carbocycles. The second-order valence-electron chi connectivity index (χ2n) is 5.17. The lowest BCUT2D eigenvalue weighted by molar-refractivity contribution is 0.0934. The summed E-state index contributed by atoms with van der Waals surface area (Å²) in [4.78, 5) is 12.3. The smallest absolute Gasteiger partial charge is 0.252 e. The van der Waals surface area contributed by atoms with Gasteiger partial charge in [0.1, 0.15) is 11.5 Å². The van der Waals surface area contributed by atoms with Gasteiger partial charge in [0.25, 0.3) is 5.91 Å². The molecule has 0 radical (unpaired) electrons. The van der Waals surface area contributed by atoms with Crippen LogP contribution < -0.4 is 10.5 Å². The van der Waals surface area contributed by atoms with E-state index < -0.39 is 10.0 Å². The number of amides is 1. The van der Waals surface area contributed by atoms with Gasteiger partial charge in [-0.25, -0.2) is 13.6 Å². The van der Waals surface area contributed by atoms with E-state index >= 15 is 0 Å². The molecule has 1 unspecified atom stereocenters. The van der Waals surface area contributed by atoms with Crippen LogP contribution in [0.1, 0.15) is 40.4 Å². The fourth-order valence-electron chi connectivity index (χ4n) is 2.05. The van der Waals surface area contributed by atoms with Crippen LogP contribution >= 0.6 is 0 Å². The highest BCUT2D eigenvalue weighted by molar-refractivity contribution is 7.89. The maximum Gasteiger partial charge on any atom is 0.252 e. The van der Waals surface area contributed by atoms with Gasteiger partial charge in [0, 0.05) is 5.56 Å². The third-order valence-corrected chi connectivity index (χ3v) is 4.23. The Morgan fingerprint density at radius 1 is 1.23 bits per heavy atom. The van der Waals surface area contributed by atoms with Gasteiger partial charge in [0.05, 0.1) is 10.9 Å². The van der Waals surface area contributed by atoms with Crippen molar-refractivity contribution in [2.24, 2.45) is 5.14 Å². The van der Waals surface area contributed by atoms with Crippen molar-refractivity contribution in [3.05, 3.63) is 53.0 Å². The van der Waals surface area contributed by atoms with Crippen LogP contribution in [0, 0.1) is 13.8 Å². The average molecular weight is 322 g/mol. The summed E-state index contributed by atoms with van der Waals surface area (Å²) in [5.74, 6) is 0.999. The molecular formula is C15H18N2O4S. The Hall–Kier alpha value is -2.12. The Labute approximate surface area is 129 Å². The summed E-state index contributed by atoms with van der Waals surface area (Å²) >= 11 is 0. The molecule has 1 aromatic carbocycles. The van der Waals surface area contributed by atoms with Gasteiger partial charge < -0.3 is 9.73 Å². The van der Waals surface area contributed by atoms with Gasteiger partial charge in [-0.1, -0.05) is 6.07 Å². The van der Waals surface area contributed by atoms with Crippen molar-refractivity contribution in [2.45, 2.75) is 31.7 Å². The second kappa shape index (κ2) is 5.94. The molecule has 1 amide bonds. The zero-order valence-electron chi connectivity index (χ0n) is 12.6. The normalized spacial score (nSPS) is 12.9. The molecule has 0 fully saturated rings. The number of aryl methyl sites for hydroxylation is 2. The number of carbonyl (C=O) groups is 1. The molecule has 0 spiro atoms. The van der Waals surface area contributed by atoms with Gasteiger partial charge in [-0.3, -0.25) is 4.79 Å². The van der Waals surface area contributed by atoms with E-state index in [0.717, 1.165) is 5.76 Å². The second-order valence-corrected chi connectivity index (χ2v) is 6.73. The summed E-state index contributed by atoms with van der Waals surface area (Å²) in [7, 11) is -3.85. The van der Waals surface area contributed by atoms with Crippen LogP contribution in [-0.4, -0.2) is 14.3 Å². The first-order valence-electron chi connectivity index (χ1n) is 6.69. The van der Waals surface area contributed by atoms with E-state index in [2.05, 4.69) is 5.32 Å². The Kier molecular flexibility index (Phi) is 4.39. The van der Waals surface area contributed by atoms with E-state index in [1.165, 1.54) is 12.1 Å². The Bertz CT molecular complexity index is 809. The fraction of sp³-hybridized carbons (Fsp3) is 0.267. The molecule has 0 bridgehead atoms. The van der Waals surface area contributed by atoms with Crippen molar-refractivity contribution in [3.63, 3.8) is 0 Å². The van der Waals surface area contributed by atoms with Crippen LogP contribution in [0.25, 0.3) is 0 Å². The minimum Gasteiger partial charge on any atom is -0.464 e. The first kappa shape index (κ1) is 16.3. The molecule has 118 valence electrons. The van der Waals surface area contributed by atoms with Gasteiger partial charge in [-0.05, 0) is 50.6 Å². The molecule has 22 heavy (non-hydrogen) atoms. The molecule has 3 N–H and O–H groups in total. The number of hydrogen-bond acceptors (Lipinski definition) is 4. The molecular weight excluding hydrogens is 304 g/mol. The number of primary sulfonamides is 1. The zero-order chi connectivity index (χ0) is 16.5. The maximum absolute atomic E-state index is 12.3. The minimum absolute atomic E-state index is 0.0928. The van der Waals surface area contributed by atoms with Gasteiger partial charge >= 0.3 is 0 Å². The van der Waals surface area contributed by atoms with Crippen molar-refractivity contribution in [2.75, 3.05) is 0 Å². The van der Waals surface area contributed by atoms with Crippen LogP contribution in [0.3, 0.4) is 0 Å². The predicted octanol–water partition coefficient (Wildman–Crippen LogP) is 2.03. The molecule has 0 saturated heterocycles. The Morgan fingerprint density at radius 3 is 2.45 bits per heavy atom. The van der Waals surface area contributed by atoms with Crippen molar-refractivity contribution in [1.82, 2.24) is 5.32 Å². The third-order valence-electron chi connectivity index (χ3n) is 3.32. The van der Waals surface area contributed by atoms with Crippen molar-refractivity contribution >= 4 is 15.9 Å². The fourth-order valence-corrected chi connectivity index (χ4v) is 2.59. The lowest BCUT2D eigenvalue weighted by Crippen LogP contribution is -2.27. The molecule has 1 atom stereocenters. The largest absolute Gasteiger partial charge is 0.464 e. The minimum atomic E-state index is -3.85. The molecule has 2 rings (SSSR count). The number of nitrogens with one attached hydrogen (secondary N) is 1. The number of furan rings is 1. The molecule has 0 aliphatic heterocycles. The predicted molar refractivity (Wildman–Crippen MR) is 81.9 cm³/mol. The molecule has 1 heterocycles. The average Bonchev–Trinajstić information content (AvgIpc) is 2.84. The van der Waals surface area contributed by atoms with Crippen LogP contribution in [0.4, 0.5) is 0 Å². The standard InChI is InChI=1S/C15H18N2O4S/c1-9-4-6-12(22(16,19)20)8-13(9)15(18)17-11(3)14-7-5-10(2)21-14/h4-8,11H,1-3H3,(H,17,18)(H2,16,19,20). The van der Waals surface area contributed by atoms with E-state index in [4.69, 9.17) is 9.56 Å². The summed E-state index contributed by atoms with van der Waals surface area (Å²) in [5.41, 5.74) is 0.925. The van der Waals surface area contributed by atoms with Gasteiger partial charge in [-0.15, -0.1) is 0 Å². The zero-order valence-corrected chi connectivity index (χ0v) is 13.4. The topological polar surface area (TPSA) is 102 Å². The summed E-state index contributed by atoms with van der Waals surface area (Å²) in [6, 6.07) is 7.47. The van der Waals surface area contributed by atoms with Crippen LogP contribution in [0.2, 0.25) is 0 Å². The molecule has 2 aromatic rings. The van der Waals surface area contributed by atoms with E-state index in [0.29, 0.717) is 11.3 Å². The van der Waals surface area contributed by atoms with Crippen molar-refractivity contribution < 1.29 is 17.6 Å². The van der Waals surface area contributed by atoms with Crippen molar-refractivity contribution in [3.8, 4) is 0 Å². The molecule has 1 aromatic heterocycles. The highest BCUT2D eigenvalue weighted by Gasteiger charge is 2.18. The molecule has 0 saturated carbocycles. The highest BCUT2D eigenvalue weighted by Crippen LogP contribution is 2.18. The number of rotatable bonds is 4. The number of sulfonamides is 1. The number of nitrogens with two attached hydrogens (primary N) is 1. The first-order chi connectivity index (χ1) is 10.2. The lowest BCUT2D eigenvalue weighted by Gasteiger charge is -2.13. The molecule has 7 heteroatoms. The number of benzene rings is 1. The van der Waals surface area contributed by atoms with Crippen LogP contribution in [0.5, 0.6) is 0 Å². The van der Waals surface area contributed by atoms with Crippen LogP contribution in [0.15, 0.2) is 39.6 Å². The maximum atomic E-state index is 12.3. The van der Waals surface area contributed by atoms with E-state index in [-0.39, 0.29) is 22.4 Å². The number of carbonyl (C=O) groups excluding carboxylic acids is 1. The summed E-state index contributed by atoms with van der Waals surface area (Å²) in [6.07, 6.45) is 0. The van der Waals surface area contributed by atoms with Crippen LogP contribution in [-0.2, 0) is 10.0 Å². The summed E-state index contributed by atoms with van der Waals surface area (Å²) in [5, 5.41) is 7.87. The SMILES string of the molecule is Cc1ccc(C(C)NC(=O)c2cc(S(N)(=O)=O)ccc2C)o1. The molecule has 6 nitrogen and oxygen atoms in total. The Balaban J connectivity index is 2.26. The van der Waals surface area contributed by atoms with Gasteiger partial charge in [0.15, 0.2) is 0 Å². The highest BCUT2D eigenvalue weighted by atomic mass is 32.2. The Morgan fingerprint density at radius 2 is 1.91 bits per heavy atom.